The van der Waals surface area contributed by atoms with Crippen LogP contribution < -0.4 is 4.90 Å². The molecule has 1 saturated heterocycles. The van der Waals surface area contributed by atoms with E-state index in [1.165, 1.54) is 11.8 Å². The van der Waals surface area contributed by atoms with E-state index in [1.807, 2.05) is 30.3 Å². The molecule has 0 atom stereocenters. The fourth-order valence-corrected chi connectivity index (χ4v) is 3.13. The molecule has 1 fully saturated rings. The molecule has 2 aromatic rings. The molecule has 1 aliphatic heterocycles. The van der Waals surface area contributed by atoms with Crippen molar-refractivity contribution >= 4 is 29.3 Å². The zero-order chi connectivity index (χ0) is 15.4. The summed E-state index contributed by atoms with van der Waals surface area (Å²) < 4.78 is 7.48. The van der Waals surface area contributed by atoms with E-state index in [0.717, 1.165) is 29.9 Å². The highest BCUT2D eigenvalue weighted by atomic mass is 35.5. The number of anilines is 1. The van der Waals surface area contributed by atoms with E-state index in [9.17, 15) is 0 Å². The van der Waals surface area contributed by atoms with Gasteiger partial charge in [-0.05, 0) is 12.1 Å². The molecule has 1 aliphatic rings. The highest BCUT2D eigenvalue weighted by molar-refractivity contribution is 7.99. The maximum atomic E-state index is 5.88. The Morgan fingerprint density at radius 2 is 1.95 bits per heavy atom. The Labute approximate surface area is 138 Å². The fraction of sp³-hybridized carbons (Fsp3) is 0.333. The molecule has 0 amide bonds. The first-order valence-electron chi connectivity index (χ1n) is 7.05. The van der Waals surface area contributed by atoms with E-state index in [4.69, 9.17) is 16.3 Å². The van der Waals surface area contributed by atoms with Crippen molar-refractivity contribution in [1.82, 2.24) is 14.8 Å². The number of morpholine rings is 1. The van der Waals surface area contributed by atoms with Crippen LogP contribution in [0.25, 0.3) is 5.69 Å². The number of ether oxygens (including phenoxy) is 1. The summed E-state index contributed by atoms with van der Waals surface area (Å²) in [5.41, 5.74) is 1.04. The van der Waals surface area contributed by atoms with Crippen molar-refractivity contribution in [2.24, 2.45) is 0 Å². The van der Waals surface area contributed by atoms with Gasteiger partial charge in [0.2, 0.25) is 5.95 Å². The van der Waals surface area contributed by atoms with Crippen molar-refractivity contribution in [3.05, 3.63) is 41.9 Å². The van der Waals surface area contributed by atoms with E-state index in [1.54, 1.807) is 0 Å². The topological polar surface area (TPSA) is 43.2 Å². The molecular formula is C15H17ClN4OS. The van der Waals surface area contributed by atoms with Crippen LogP contribution in [0.5, 0.6) is 0 Å². The van der Waals surface area contributed by atoms with E-state index < -0.39 is 0 Å². The Balaban J connectivity index is 1.97. The maximum Gasteiger partial charge on any atom is 0.232 e. The Morgan fingerprint density at radius 3 is 2.64 bits per heavy atom. The summed E-state index contributed by atoms with van der Waals surface area (Å²) in [5.74, 6) is 1.45. The molecule has 0 N–H and O–H groups in total. The lowest BCUT2D eigenvalue weighted by molar-refractivity contribution is 0.122. The van der Waals surface area contributed by atoms with Crippen molar-refractivity contribution in [2.45, 2.75) is 5.16 Å². The summed E-state index contributed by atoms with van der Waals surface area (Å²) in [5, 5.41) is 10.1. The average molecular weight is 337 g/mol. The van der Waals surface area contributed by atoms with Gasteiger partial charge in [-0.2, -0.15) is 0 Å². The summed E-state index contributed by atoms with van der Waals surface area (Å²) in [6, 6.07) is 10.1. The first kappa shape index (κ1) is 15.4. The molecule has 0 radical (unpaired) electrons. The van der Waals surface area contributed by atoms with Crippen LogP contribution in [-0.2, 0) is 4.74 Å². The molecule has 0 saturated carbocycles. The quantitative estimate of drug-likeness (QED) is 0.785. The summed E-state index contributed by atoms with van der Waals surface area (Å²) in [6.07, 6.45) is 0. The summed E-state index contributed by atoms with van der Waals surface area (Å²) >= 11 is 7.42. The molecule has 2 heterocycles. The molecule has 7 heteroatoms. The number of hydrogen-bond donors (Lipinski definition) is 0. The van der Waals surface area contributed by atoms with Gasteiger partial charge in [0.05, 0.1) is 18.9 Å². The van der Waals surface area contributed by atoms with Crippen LogP contribution in [0, 0.1) is 0 Å². The minimum atomic E-state index is 0.598. The lowest BCUT2D eigenvalue weighted by Gasteiger charge is -2.27. The van der Waals surface area contributed by atoms with E-state index in [-0.39, 0.29) is 0 Å². The Kier molecular flexibility index (Phi) is 5.02. The third kappa shape index (κ3) is 3.45. The number of aromatic nitrogens is 3. The molecule has 1 aromatic carbocycles. The molecule has 0 spiro atoms. The second-order valence-electron chi connectivity index (χ2n) is 4.86. The third-order valence-electron chi connectivity index (χ3n) is 3.28. The Bertz CT molecular complexity index is 640. The van der Waals surface area contributed by atoms with E-state index in [2.05, 4.69) is 26.2 Å². The number of rotatable bonds is 5. The summed E-state index contributed by atoms with van der Waals surface area (Å²) in [4.78, 5) is 2.20. The maximum absolute atomic E-state index is 5.88. The highest BCUT2D eigenvalue weighted by Crippen LogP contribution is 2.28. The zero-order valence-corrected chi connectivity index (χ0v) is 13.7. The van der Waals surface area contributed by atoms with Gasteiger partial charge in [-0.1, -0.05) is 48.1 Å². The van der Waals surface area contributed by atoms with Crippen LogP contribution in [0.15, 0.2) is 47.1 Å². The van der Waals surface area contributed by atoms with Gasteiger partial charge in [-0.3, -0.25) is 4.57 Å². The van der Waals surface area contributed by atoms with Gasteiger partial charge in [0.15, 0.2) is 5.16 Å². The predicted octanol–water partition coefficient (Wildman–Crippen LogP) is 2.95. The SMILES string of the molecule is C=C(Cl)CSc1nnc(N2CCOCC2)n1-c1ccccc1. The first-order valence-corrected chi connectivity index (χ1v) is 8.41. The number of benzene rings is 1. The van der Waals surface area contributed by atoms with Gasteiger partial charge in [0, 0.05) is 23.9 Å². The Hall–Kier alpha value is -1.50. The fourth-order valence-electron chi connectivity index (χ4n) is 2.27. The minimum Gasteiger partial charge on any atom is -0.378 e. The normalized spacial score (nSPS) is 15.0. The van der Waals surface area contributed by atoms with Gasteiger partial charge < -0.3 is 9.64 Å². The molecule has 3 rings (SSSR count). The number of nitrogens with zero attached hydrogens (tertiary/aromatic N) is 4. The first-order chi connectivity index (χ1) is 10.8. The van der Waals surface area contributed by atoms with Crippen LogP contribution in [-0.4, -0.2) is 46.8 Å². The minimum absolute atomic E-state index is 0.598. The number of hydrogen-bond acceptors (Lipinski definition) is 5. The van der Waals surface area contributed by atoms with Gasteiger partial charge >= 0.3 is 0 Å². The van der Waals surface area contributed by atoms with Crippen LogP contribution in [0.3, 0.4) is 0 Å². The number of thioether (sulfide) groups is 1. The highest BCUT2D eigenvalue weighted by Gasteiger charge is 2.21. The predicted molar refractivity (Wildman–Crippen MR) is 90.1 cm³/mol. The van der Waals surface area contributed by atoms with Crippen molar-refractivity contribution < 1.29 is 4.74 Å². The van der Waals surface area contributed by atoms with Crippen molar-refractivity contribution in [3.63, 3.8) is 0 Å². The average Bonchev–Trinajstić information content (AvgIpc) is 2.98. The van der Waals surface area contributed by atoms with Gasteiger partial charge in [0.25, 0.3) is 0 Å². The van der Waals surface area contributed by atoms with Crippen LogP contribution in [0.2, 0.25) is 0 Å². The molecule has 0 aliphatic carbocycles. The lowest BCUT2D eigenvalue weighted by Crippen LogP contribution is -2.37. The van der Waals surface area contributed by atoms with Crippen LogP contribution >= 0.6 is 23.4 Å². The zero-order valence-electron chi connectivity index (χ0n) is 12.1. The third-order valence-corrected chi connectivity index (χ3v) is 4.59. The molecule has 0 bridgehead atoms. The van der Waals surface area contributed by atoms with Crippen LogP contribution in [0.1, 0.15) is 0 Å². The van der Waals surface area contributed by atoms with Crippen molar-refractivity contribution in [3.8, 4) is 5.69 Å². The largest absolute Gasteiger partial charge is 0.378 e. The second kappa shape index (κ2) is 7.17. The van der Waals surface area contributed by atoms with Crippen molar-refractivity contribution in [1.29, 1.82) is 0 Å². The second-order valence-corrected chi connectivity index (χ2v) is 6.34. The molecule has 116 valence electrons. The summed E-state index contributed by atoms with van der Waals surface area (Å²) in [6.45, 7) is 6.79. The molecule has 1 aromatic heterocycles. The van der Waals surface area contributed by atoms with E-state index in [0.29, 0.717) is 24.0 Å². The monoisotopic (exact) mass is 336 g/mol. The van der Waals surface area contributed by atoms with Gasteiger partial charge in [-0.15, -0.1) is 10.2 Å². The van der Waals surface area contributed by atoms with Crippen molar-refractivity contribution in [2.75, 3.05) is 37.0 Å². The summed E-state index contributed by atoms with van der Waals surface area (Å²) in [7, 11) is 0. The van der Waals surface area contributed by atoms with E-state index >= 15 is 0 Å². The van der Waals surface area contributed by atoms with Crippen LogP contribution in [0.4, 0.5) is 5.95 Å². The molecule has 5 nitrogen and oxygen atoms in total. The standard InChI is InChI=1S/C15H17ClN4OS/c1-12(16)11-22-15-18-17-14(19-7-9-21-10-8-19)20(15)13-5-3-2-4-6-13/h2-6H,1,7-11H2. The molecule has 0 unspecified atom stereocenters. The Morgan fingerprint density at radius 1 is 1.23 bits per heavy atom. The van der Waals surface area contributed by atoms with Gasteiger partial charge in [0.1, 0.15) is 0 Å². The molecular weight excluding hydrogens is 320 g/mol. The lowest BCUT2D eigenvalue weighted by atomic mass is 10.3. The number of para-hydroxylation sites is 1. The van der Waals surface area contributed by atoms with Gasteiger partial charge in [-0.25, -0.2) is 0 Å². The smallest absolute Gasteiger partial charge is 0.232 e. The molecule has 22 heavy (non-hydrogen) atoms. The number of halogens is 1.